The van der Waals surface area contributed by atoms with Crippen LogP contribution in [0.5, 0.6) is 0 Å². The highest BCUT2D eigenvalue weighted by Gasteiger charge is 2.23. The highest BCUT2D eigenvalue weighted by molar-refractivity contribution is 7.21. The molecule has 1 aliphatic rings. The lowest BCUT2D eigenvalue weighted by Crippen LogP contribution is -1.91. The second-order valence-electron chi connectivity index (χ2n) is 14.6. The van der Waals surface area contributed by atoms with E-state index in [-0.39, 0.29) is 0 Å². The molecule has 1 aliphatic carbocycles. The van der Waals surface area contributed by atoms with Crippen LogP contribution < -0.4 is 0 Å². The van der Waals surface area contributed by atoms with E-state index >= 15 is 0 Å². The third-order valence-electron chi connectivity index (χ3n) is 11.7. The van der Waals surface area contributed by atoms with Gasteiger partial charge in [-0.2, -0.15) is 0 Å². The van der Waals surface area contributed by atoms with Crippen molar-refractivity contribution >= 4 is 92.5 Å². The van der Waals surface area contributed by atoms with Crippen LogP contribution >= 0.6 is 11.3 Å². The Hall–Kier alpha value is -6.48. The highest BCUT2D eigenvalue weighted by atomic mass is 32.1. The second kappa shape index (κ2) is 11.5. The van der Waals surface area contributed by atoms with E-state index in [1.54, 1.807) is 0 Å². The van der Waals surface area contributed by atoms with Crippen molar-refractivity contribution in [2.24, 2.45) is 0 Å². The van der Waals surface area contributed by atoms with E-state index in [1.807, 2.05) is 11.3 Å². The Kier molecular flexibility index (Phi) is 6.40. The molecule has 0 unspecified atom stereocenters. The summed E-state index contributed by atoms with van der Waals surface area (Å²) in [5.41, 5.74) is 10.9. The van der Waals surface area contributed by atoms with Gasteiger partial charge in [0, 0.05) is 31.1 Å². The standard InChI is InChI=1S/C52H32OS/c1-2-14-35-32(12-1)13-11-22-36(35)48-39-17-5-3-15-37(39)47(38-16-4-6-18-40(38)48)33-26-24-31(25-27-33)34-28-29-45-44(30-34)49-41-19-7-8-20-42(41)52-50(51(49)53-45)43-21-9-10-23-46(43)54-52/h1-8,10-20,22-30H,9,21H2. The van der Waals surface area contributed by atoms with Crippen LogP contribution in [0.25, 0.3) is 115 Å². The molecule has 2 aromatic heterocycles. The Morgan fingerprint density at radius 1 is 0.463 bits per heavy atom. The molecule has 0 saturated carbocycles. The summed E-state index contributed by atoms with van der Waals surface area (Å²) in [7, 11) is 0. The van der Waals surface area contributed by atoms with Crippen LogP contribution in [0.1, 0.15) is 16.9 Å². The van der Waals surface area contributed by atoms with Crippen molar-refractivity contribution < 1.29 is 4.42 Å². The van der Waals surface area contributed by atoms with Crippen molar-refractivity contribution in [3.63, 3.8) is 0 Å². The molecule has 2 heterocycles. The number of aryl methyl sites for hydroxylation is 1. The summed E-state index contributed by atoms with van der Waals surface area (Å²) in [5.74, 6) is 0. The summed E-state index contributed by atoms with van der Waals surface area (Å²) < 4.78 is 8.14. The van der Waals surface area contributed by atoms with Crippen LogP contribution in [0.3, 0.4) is 0 Å². The van der Waals surface area contributed by atoms with Crippen molar-refractivity contribution in [3.05, 3.63) is 174 Å². The topological polar surface area (TPSA) is 13.1 Å². The molecular formula is C52H32OS. The first-order chi connectivity index (χ1) is 26.8. The molecule has 0 bridgehead atoms. The molecule has 0 aliphatic heterocycles. The van der Waals surface area contributed by atoms with Gasteiger partial charge in [-0.15, -0.1) is 11.3 Å². The maximum Gasteiger partial charge on any atom is 0.145 e. The van der Waals surface area contributed by atoms with Gasteiger partial charge in [0.1, 0.15) is 11.2 Å². The lowest BCUT2D eigenvalue weighted by atomic mass is 9.84. The monoisotopic (exact) mass is 704 g/mol. The molecule has 0 saturated heterocycles. The molecule has 0 atom stereocenters. The number of fused-ring (bicyclic) bond motifs is 13. The average Bonchev–Trinajstić information content (AvgIpc) is 3.82. The second-order valence-corrected chi connectivity index (χ2v) is 15.7. The van der Waals surface area contributed by atoms with E-state index in [9.17, 15) is 0 Å². The van der Waals surface area contributed by atoms with Gasteiger partial charge in [0.25, 0.3) is 0 Å². The van der Waals surface area contributed by atoms with Gasteiger partial charge in [-0.05, 0) is 108 Å². The molecule has 54 heavy (non-hydrogen) atoms. The third kappa shape index (κ3) is 4.26. The van der Waals surface area contributed by atoms with Gasteiger partial charge in [0.15, 0.2) is 0 Å². The lowest BCUT2D eigenvalue weighted by Gasteiger charge is -2.19. The van der Waals surface area contributed by atoms with Gasteiger partial charge in [-0.3, -0.25) is 0 Å². The SMILES string of the molecule is C1=Cc2sc3c4ccccc4c4c5cc(-c6ccc(-c7c8ccccc8c(-c8cccc9ccccc89)c8ccccc78)cc6)ccc5oc4c3c2CC1. The summed E-state index contributed by atoms with van der Waals surface area (Å²) in [6, 6.07) is 58.1. The van der Waals surface area contributed by atoms with Crippen LogP contribution in [0.2, 0.25) is 0 Å². The number of benzene rings is 9. The average molecular weight is 705 g/mol. The largest absolute Gasteiger partial charge is 0.455 e. The van der Waals surface area contributed by atoms with Gasteiger partial charge in [-0.1, -0.05) is 152 Å². The quantitative estimate of drug-likeness (QED) is 0.167. The number of furan rings is 1. The fourth-order valence-electron chi connectivity index (χ4n) is 9.34. The molecule has 0 radical (unpaired) electrons. The first-order valence-corrected chi connectivity index (χ1v) is 19.6. The van der Waals surface area contributed by atoms with E-state index in [0.717, 1.165) is 24.0 Å². The number of hydrogen-bond acceptors (Lipinski definition) is 2. The summed E-state index contributed by atoms with van der Waals surface area (Å²) in [6.07, 6.45) is 6.75. The van der Waals surface area contributed by atoms with E-state index in [1.165, 1.54) is 108 Å². The molecule has 12 rings (SSSR count). The maximum atomic E-state index is 6.80. The van der Waals surface area contributed by atoms with Crippen molar-refractivity contribution in [2.45, 2.75) is 12.8 Å². The number of hydrogen-bond donors (Lipinski definition) is 0. The molecule has 1 nitrogen and oxygen atoms in total. The van der Waals surface area contributed by atoms with Gasteiger partial charge >= 0.3 is 0 Å². The lowest BCUT2D eigenvalue weighted by molar-refractivity contribution is 0.672. The number of allylic oxidation sites excluding steroid dienone is 1. The zero-order valence-corrected chi connectivity index (χ0v) is 30.2. The van der Waals surface area contributed by atoms with E-state index < -0.39 is 0 Å². The van der Waals surface area contributed by atoms with Gasteiger partial charge in [0.05, 0.1) is 0 Å². The number of thiophene rings is 1. The molecular weight excluding hydrogens is 673 g/mol. The van der Waals surface area contributed by atoms with Crippen LogP contribution in [0.4, 0.5) is 0 Å². The smallest absolute Gasteiger partial charge is 0.145 e. The molecule has 0 spiro atoms. The predicted molar refractivity (Wildman–Crippen MR) is 233 cm³/mol. The summed E-state index contributed by atoms with van der Waals surface area (Å²) in [6.45, 7) is 0. The highest BCUT2D eigenvalue weighted by Crippen LogP contribution is 2.49. The summed E-state index contributed by atoms with van der Waals surface area (Å²) in [4.78, 5) is 1.37. The molecule has 9 aromatic carbocycles. The van der Waals surface area contributed by atoms with Crippen molar-refractivity contribution in [1.29, 1.82) is 0 Å². The zero-order valence-electron chi connectivity index (χ0n) is 29.4. The van der Waals surface area contributed by atoms with Crippen molar-refractivity contribution in [1.82, 2.24) is 0 Å². The molecule has 252 valence electrons. The van der Waals surface area contributed by atoms with Crippen LogP contribution in [-0.4, -0.2) is 0 Å². The predicted octanol–water partition coefficient (Wildman–Crippen LogP) is 15.4. The molecule has 0 amide bonds. The maximum absolute atomic E-state index is 6.80. The molecule has 0 N–H and O–H groups in total. The fraction of sp³-hybridized carbons (Fsp3) is 0.0385. The first kappa shape index (κ1) is 30.0. The van der Waals surface area contributed by atoms with Gasteiger partial charge < -0.3 is 4.42 Å². The van der Waals surface area contributed by atoms with Crippen molar-refractivity contribution in [2.75, 3.05) is 0 Å². The van der Waals surface area contributed by atoms with Crippen molar-refractivity contribution in [3.8, 4) is 33.4 Å². The Labute approximate surface area is 316 Å². The van der Waals surface area contributed by atoms with Crippen LogP contribution in [-0.2, 0) is 6.42 Å². The fourth-order valence-corrected chi connectivity index (χ4v) is 10.7. The molecule has 0 fully saturated rings. The summed E-state index contributed by atoms with van der Waals surface area (Å²) >= 11 is 1.91. The van der Waals surface area contributed by atoms with Crippen LogP contribution in [0.15, 0.2) is 168 Å². The Balaban J connectivity index is 1.04. The van der Waals surface area contributed by atoms with E-state index in [2.05, 4.69) is 170 Å². The Morgan fingerprint density at radius 2 is 1.07 bits per heavy atom. The van der Waals surface area contributed by atoms with E-state index in [4.69, 9.17) is 4.42 Å². The third-order valence-corrected chi connectivity index (χ3v) is 13.0. The minimum absolute atomic E-state index is 0.943. The zero-order chi connectivity index (χ0) is 35.3. The van der Waals surface area contributed by atoms with Crippen LogP contribution in [0, 0.1) is 0 Å². The number of rotatable bonds is 3. The Morgan fingerprint density at radius 3 is 1.83 bits per heavy atom. The normalized spacial score (nSPS) is 13.0. The Bertz CT molecular complexity index is 3310. The minimum atomic E-state index is 0.943. The molecule has 2 heteroatoms. The molecule has 11 aromatic rings. The van der Waals surface area contributed by atoms with E-state index in [0.29, 0.717) is 0 Å². The van der Waals surface area contributed by atoms with Gasteiger partial charge in [-0.25, -0.2) is 0 Å². The summed E-state index contributed by atoms with van der Waals surface area (Å²) in [5, 5.41) is 13.9. The first-order valence-electron chi connectivity index (χ1n) is 18.8. The van der Waals surface area contributed by atoms with Gasteiger partial charge in [0.2, 0.25) is 0 Å². The minimum Gasteiger partial charge on any atom is -0.455 e.